The molecule has 1 aromatic heterocycles. The van der Waals surface area contributed by atoms with Crippen LogP contribution < -0.4 is 10.6 Å². The summed E-state index contributed by atoms with van der Waals surface area (Å²) < 4.78 is 0. The lowest BCUT2D eigenvalue weighted by Gasteiger charge is -2.15. The SMILES string of the molecule is CNc1cccc(NC(C)c2ccccc2)n1. The molecule has 1 aromatic carbocycles. The highest BCUT2D eigenvalue weighted by Gasteiger charge is 2.05. The van der Waals surface area contributed by atoms with E-state index >= 15 is 0 Å². The molecule has 2 aromatic rings. The first-order chi connectivity index (χ1) is 8.29. The first kappa shape index (κ1) is 11.5. The van der Waals surface area contributed by atoms with Crippen molar-refractivity contribution < 1.29 is 0 Å². The minimum atomic E-state index is 0.246. The third-order valence-electron chi connectivity index (χ3n) is 2.67. The van der Waals surface area contributed by atoms with E-state index in [2.05, 4.69) is 34.7 Å². The Labute approximate surface area is 102 Å². The summed E-state index contributed by atoms with van der Waals surface area (Å²) in [5.41, 5.74) is 1.25. The Hall–Kier alpha value is -2.03. The number of nitrogens with zero attached hydrogens (tertiary/aromatic N) is 1. The van der Waals surface area contributed by atoms with E-state index in [1.165, 1.54) is 5.56 Å². The molecule has 0 fully saturated rings. The zero-order valence-corrected chi connectivity index (χ0v) is 10.1. The van der Waals surface area contributed by atoms with E-state index in [1.807, 2.05) is 43.4 Å². The second-order valence-corrected chi connectivity index (χ2v) is 3.93. The first-order valence-corrected chi connectivity index (χ1v) is 5.76. The normalized spacial score (nSPS) is 11.9. The molecular weight excluding hydrogens is 210 g/mol. The van der Waals surface area contributed by atoms with Crippen LogP contribution in [0.3, 0.4) is 0 Å². The summed E-state index contributed by atoms with van der Waals surface area (Å²) in [6.07, 6.45) is 0. The van der Waals surface area contributed by atoms with Gasteiger partial charge in [0.05, 0.1) is 0 Å². The molecule has 0 spiro atoms. The van der Waals surface area contributed by atoms with Crippen molar-refractivity contribution >= 4 is 11.6 Å². The van der Waals surface area contributed by atoms with Gasteiger partial charge in [-0.25, -0.2) is 4.98 Å². The Morgan fingerprint density at radius 3 is 2.35 bits per heavy atom. The number of rotatable bonds is 4. The summed E-state index contributed by atoms with van der Waals surface area (Å²) >= 11 is 0. The van der Waals surface area contributed by atoms with Crippen molar-refractivity contribution in [3.05, 3.63) is 54.1 Å². The minimum absolute atomic E-state index is 0.246. The molecule has 1 heterocycles. The average Bonchev–Trinajstić information content (AvgIpc) is 2.40. The summed E-state index contributed by atoms with van der Waals surface area (Å²) in [5.74, 6) is 1.75. The van der Waals surface area contributed by atoms with Crippen molar-refractivity contribution in [2.75, 3.05) is 17.7 Å². The molecular formula is C14H17N3. The maximum atomic E-state index is 4.43. The number of aromatic nitrogens is 1. The number of nitrogens with one attached hydrogen (secondary N) is 2. The Bertz CT molecular complexity index is 468. The Morgan fingerprint density at radius 1 is 0.941 bits per heavy atom. The number of hydrogen-bond donors (Lipinski definition) is 2. The van der Waals surface area contributed by atoms with Gasteiger partial charge in [0.25, 0.3) is 0 Å². The maximum absolute atomic E-state index is 4.43. The van der Waals surface area contributed by atoms with Crippen molar-refractivity contribution in [3.63, 3.8) is 0 Å². The van der Waals surface area contributed by atoms with Gasteiger partial charge in [-0.2, -0.15) is 0 Å². The number of hydrogen-bond acceptors (Lipinski definition) is 3. The summed E-state index contributed by atoms with van der Waals surface area (Å²) in [7, 11) is 1.87. The highest BCUT2D eigenvalue weighted by molar-refractivity contribution is 5.46. The van der Waals surface area contributed by atoms with Crippen molar-refractivity contribution in [3.8, 4) is 0 Å². The van der Waals surface area contributed by atoms with Crippen molar-refractivity contribution in [2.24, 2.45) is 0 Å². The molecule has 0 saturated heterocycles. The van der Waals surface area contributed by atoms with Gasteiger partial charge in [-0.1, -0.05) is 36.4 Å². The smallest absolute Gasteiger partial charge is 0.128 e. The van der Waals surface area contributed by atoms with Crippen molar-refractivity contribution in [2.45, 2.75) is 13.0 Å². The topological polar surface area (TPSA) is 37.0 Å². The zero-order chi connectivity index (χ0) is 12.1. The molecule has 2 rings (SSSR count). The van der Waals surface area contributed by atoms with Crippen molar-refractivity contribution in [1.82, 2.24) is 4.98 Å². The fourth-order valence-electron chi connectivity index (χ4n) is 1.70. The minimum Gasteiger partial charge on any atom is -0.373 e. The van der Waals surface area contributed by atoms with E-state index in [-0.39, 0.29) is 6.04 Å². The molecule has 0 bridgehead atoms. The molecule has 0 radical (unpaired) electrons. The van der Waals surface area contributed by atoms with Gasteiger partial charge in [0.1, 0.15) is 11.6 Å². The Kier molecular flexibility index (Phi) is 3.60. The lowest BCUT2D eigenvalue weighted by atomic mass is 10.1. The van der Waals surface area contributed by atoms with E-state index in [0.29, 0.717) is 0 Å². The van der Waals surface area contributed by atoms with Crippen LogP contribution in [-0.2, 0) is 0 Å². The van der Waals surface area contributed by atoms with Crippen LogP contribution in [0.4, 0.5) is 11.6 Å². The van der Waals surface area contributed by atoms with E-state index in [1.54, 1.807) is 0 Å². The van der Waals surface area contributed by atoms with Gasteiger partial charge in [-0.15, -0.1) is 0 Å². The molecule has 17 heavy (non-hydrogen) atoms. The van der Waals surface area contributed by atoms with Gasteiger partial charge in [-0.05, 0) is 24.6 Å². The van der Waals surface area contributed by atoms with Crippen LogP contribution in [0.25, 0.3) is 0 Å². The number of benzene rings is 1. The van der Waals surface area contributed by atoms with Gasteiger partial charge >= 0.3 is 0 Å². The van der Waals surface area contributed by atoms with Gasteiger partial charge in [-0.3, -0.25) is 0 Å². The summed E-state index contributed by atoms with van der Waals surface area (Å²) in [6.45, 7) is 2.13. The molecule has 1 unspecified atom stereocenters. The summed E-state index contributed by atoms with van der Waals surface area (Å²) in [4.78, 5) is 4.43. The highest BCUT2D eigenvalue weighted by atomic mass is 15.1. The largest absolute Gasteiger partial charge is 0.373 e. The van der Waals surface area contributed by atoms with Crippen LogP contribution >= 0.6 is 0 Å². The standard InChI is InChI=1S/C14H17N3/c1-11(12-7-4-3-5-8-12)16-14-10-6-9-13(15-2)17-14/h3-11H,1-2H3,(H2,15,16,17). The van der Waals surface area contributed by atoms with Crippen LogP contribution in [0.2, 0.25) is 0 Å². The molecule has 0 saturated carbocycles. The molecule has 0 aliphatic carbocycles. The first-order valence-electron chi connectivity index (χ1n) is 5.76. The molecule has 0 amide bonds. The van der Waals surface area contributed by atoms with Crippen LogP contribution in [-0.4, -0.2) is 12.0 Å². The quantitative estimate of drug-likeness (QED) is 0.841. The van der Waals surface area contributed by atoms with Crippen molar-refractivity contribution in [1.29, 1.82) is 0 Å². The van der Waals surface area contributed by atoms with Gasteiger partial charge in [0.2, 0.25) is 0 Å². The predicted octanol–water partition coefficient (Wildman–Crippen LogP) is 3.30. The van der Waals surface area contributed by atoms with Crippen LogP contribution in [0, 0.1) is 0 Å². The molecule has 0 aliphatic rings. The molecule has 1 atom stereocenters. The number of pyridine rings is 1. The predicted molar refractivity (Wildman–Crippen MR) is 72.3 cm³/mol. The number of anilines is 2. The lowest BCUT2D eigenvalue weighted by molar-refractivity contribution is 0.875. The summed E-state index contributed by atoms with van der Waals surface area (Å²) in [6, 6.07) is 16.5. The maximum Gasteiger partial charge on any atom is 0.128 e. The van der Waals surface area contributed by atoms with Crippen LogP contribution in [0.15, 0.2) is 48.5 Å². The van der Waals surface area contributed by atoms with E-state index in [0.717, 1.165) is 11.6 Å². The fourth-order valence-corrected chi connectivity index (χ4v) is 1.70. The third-order valence-corrected chi connectivity index (χ3v) is 2.67. The second-order valence-electron chi connectivity index (χ2n) is 3.93. The molecule has 3 nitrogen and oxygen atoms in total. The monoisotopic (exact) mass is 227 g/mol. The molecule has 88 valence electrons. The fraction of sp³-hybridized carbons (Fsp3) is 0.214. The second kappa shape index (κ2) is 5.34. The van der Waals surface area contributed by atoms with E-state index in [9.17, 15) is 0 Å². The van der Waals surface area contributed by atoms with Crippen LogP contribution in [0.1, 0.15) is 18.5 Å². The molecule has 0 aliphatic heterocycles. The van der Waals surface area contributed by atoms with Gasteiger partial charge < -0.3 is 10.6 Å². The van der Waals surface area contributed by atoms with Gasteiger partial charge in [0, 0.05) is 13.1 Å². The lowest BCUT2D eigenvalue weighted by Crippen LogP contribution is -2.08. The molecule has 2 N–H and O–H groups in total. The average molecular weight is 227 g/mol. The van der Waals surface area contributed by atoms with E-state index < -0.39 is 0 Å². The molecule has 3 heteroatoms. The van der Waals surface area contributed by atoms with Crippen LogP contribution in [0.5, 0.6) is 0 Å². The Morgan fingerprint density at radius 2 is 1.65 bits per heavy atom. The summed E-state index contributed by atoms with van der Waals surface area (Å²) in [5, 5.41) is 6.41. The third kappa shape index (κ3) is 2.97. The highest BCUT2D eigenvalue weighted by Crippen LogP contribution is 2.18. The zero-order valence-electron chi connectivity index (χ0n) is 10.1. The Balaban J connectivity index is 2.10. The van der Waals surface area contributed by atoms with E-state index in [4.69, 9.17) is 0 Å². The van der Waals surface area contributed by atoms with Gasteiger partial charge in [0.15, 0.2) is 0 Å².